The molecule has 2 aromatic heterocycles. The van der Waals surface area contributed by atoms with Gasteiger partial charge in [-0.15, -0.1) is 5.10 Å². The van der Waals surface area contributed by atoms with Gasteiger partial charge in [0.05, 0.1) is 16.6 Å². The van der Waals surface area contributed by atoms with Crippen LogP contribution in [0.3, 0.4) is 0 Å². The largest absolute Gasteiger partial charge is 0.308 e. The van der Waals surface area contributed by atoms with E-state index in [1.165, 1.54) is 0 Å². The van der Waals surface area contributed by atoms with Gasteiger partial charge >= 0.3 is 0 Å². The molecule has 2 heterocycles. The first-order valence-corrected chi connectivity index (χ1v) is 6.98. The first-order valence-electron chi connectivity index (χ1n) is 6.98. The van der Waals surface area contributed by atoms with E-state index in [4.69, 9.17) is 0 Å². The number of benzene rings is 1. The van der Waals surface area contributed by atoms with Crippen LogP contribution in [0, 0.1) is 6.92 Å². The van der Waals surface area contributed by atoms with E-state index in [2.05, 4.69) is 15.1 Å². The summed E-state index contributed by atoms with van der Waals surface area (Å²) in [6.07, 6.45) is 0. The lowest BCUT2D eigenvalue weighted by Gasteiger charge is -2.15. The SMILES string of the molecule is Cc1cc2c(=O)n(CCN(C)C)c3ccccc3c2nn1. The fraction of sp³-hybridized carbons (Fsp3) is 0.312. The number of aromatic nitrogens is 3. The first-order chi connectivity index (χ1) is 10.1. The van der Waals surface area contributed by atoms with Crippen LogP contribution in [0.25, 0.3) is 21.8 Å². The van der Waals surface area contributed by atoms with Gasteiger partial charge in [0.25, 0.3) is 5.56 Å². The molecule has 0 radical (unpaired) electrons. The molecule has 0 spiro atoms. The molecule has 0 aliphatic heterocycles. The number of hydrogen-bond donors (Lipinski definition) is 0. The Morgan fingerprint density at radius 2 is 1.90 bits per heavy atom. The zero-order valence-electron chi connectivity index (χ0n) is 12.5. The van der Waals surface area contributed by atoms with Gasteiger partial charge in [0.15, 0.2) is 0 Å². The lowest BCUT2D eigenvalue weighted by Crippen LogP contribution is -2.27. The first kappa shape index (κ1) is 13.7. The highest BCUT2D eigenvalue weighted by atomic mass is 16.1. The van der Waals surface area contributed by atoms with Gasteiger partial charge in [0.2, 0.25) is 0 Å². The van der Waals surface area contributed by atoms with Gasteiger partial charge in [-0.1, -0.05) is 18.2 Å². The minimum Gasteiger partial charge on any atom is -0.308 e. The maximum Gasteiger partial charge on any atom is 0.260 e. The molecule has 0 atom stereocenters. The second-order valence-corrected chi connectivity index (χ2v) is 5.53. The molecule has 0 N–H and O–H groups in total. The van der Waals surface area contributed by atoms with Gasteiger partial charge in [-0.25, -0.2) is 0 Å². The summed E-state index contributed by atoms with van der Waals surface area (Å²) in [7, 11) is 4.01. The minimum atomic E-state index is 0.00329. The third-order valence-electron chi connectivity index (χ3n) is 3.61. The summed E-state index contributed by atoms with van der Waals surface area (Å²) in [4.78, 5) is 14.9. The molecule has 0 saturated carbocycles. The Kier molecular flexibility index (Phi) is 3.43. The average molecular weight is 282 g/mol. The van der Waals surface area contributed by atoms with Gasteiger partial charge in [-0.05, 0) is 33.2 Å². The number of pyridine rings is 1. The molecule has 21 heavy (non-hydrogen) atoms. The second kappa shape index (κ2) is 5.26. The van der Waals surface area contributed by atoms with Crippen molar-refractivity contribution >= 4 is 21.8 Å². The Morgan fingerprint density at radius 3 is 2.67 bits per heavy atom. The van der Waals surface area contributed by atoms with E-state index in [9.17, 15) is 4.79 Å². The molecule has 3 rings (SSSR count). The highest BCUT2D eigenvalue weighted by Gasteiger charge is 2.12. The predicted molar refractivity (Wildman–Crippen MR) is 84.6 cm³/mol. The fourth-order valence-electron chi connectivity index (χ4n) is 2.54. The molecular weight excluding hydrogens is 264 g/mol. The Morgan fingerprint density at radius 1 is 1.14 bits per heavy atom. The minimum absolute atomic E-state index is 0.00329. The molecule has 108 valence electrons. The molecule has 0 unspecified atom stereocenters. The van der Waals surface area contributed by atoms with Crippen molar-refractivity contribution in [1.29, 1.82) is 0 Å². The Labute approximate surface area is 122 Å². The van der Waals surface area contributed by atoms with E-state index >= 15 is 0 Å². The molecule has 0 aliphatic carbocycles. The van der Waals surface area contributed by atoms with Gasteiger partial charge in [0.1, 0.15) is 5.52 Å². The fourth-order valence-corrected chi connectivity index (χ4v) is 2.54. The second-order valence-electron chi connectivity index (χ2n) is 5.53. The van der Waals surface area contributed by atoms with Crippen molar-refractivity contribution in [2.45, 2.75) is 13.5 Å². The summed E-state index contributed by atoms with van der Waals surface area (Å²) >= 11 is 0. The lowest BCUT2D eigenvalue weighted by atomic mass is 10.1. The summed E-state index contributed by atoms with van der Waals surface area (Å²) in [5.74, 6) is 0. The van der Waals surface area contributed by atoms with Crippen molar-refractivity contribution < 1.29 is 0 Å². The number of aryl methyl sites for hydroxylation is 1. The number of para-hydroxylation sites is 1. The molecule has 0 fully saturated rings. The highest BCUT2D eigenvalue weighted by Crippen LogP contribution is 2.20. The predicted octanol–water partition coefficient (Wildman–Crippen LogP) is 1.81. The lowest BCUT2D eigenvalue weighted by molar-refractivity contribution is 0.384. The van der Waals surface area contributed by atoms with Gasteiger partial charge in [-0.2, -0.15) is 5.10 Å². The third kappa shape index (κ3) is 2.40. The molecule has 0 saturated heterocycles. The highest BCUT2D eigenvalue weighted by molar-refractivity contribution is 6.02. The van der Waals surface area contributed by atoms with Crippen molar-refractivity contribution in [2.24, 2.45) is 0 Å². The maximum atomic E-state index is 12.8. The number of rotatable bonds is 3. The van der Waals surface area contributed by atoms with Gasteiger partial charge in [-0.3, -0.25) is 4.79 Å². The average Bonchev–Trinajstić information content (AvgIpc) is 2.47. The van der Waals surface area contributed by atoms with E-state index in [0.717, 1.165) is 23.1 Å². The number of nitrogens with zero attached hydrogens (tertiary/aromatic N) is 4. The van der Waals surface area contributed by atoms with E-state index < -0.39 is 0 Å². The summed E-state index contributed by atoms with van der Waals surface area (Å²) in [5.41, 5.74) is 2.36. The quantitative estimate of drug-likeness (QED) is 0.688. The van der Waals surface area contributed by atoms with Crippen LogP contribution in [0.1, 0.15) is 5.69 Å². The van der Waals surface area contributed by atoms with Crippen LogP contribution in [0.4, 0.5) is 0 Å². The van der Waals surface area contributed by atoms with Gasteiger partial charge in [0, 0.05) is 18.5 Å². The summed E-state index contributed by atoms with van der Waals surface area (Å²) in [6.45, 7) is 3.32. The number of hydrogen-bond acceptors (Lipinski definition) is 4. The Balaban J connectivity index is 2.37. The molecule has 0 amide bonds. The summed E-state index contributed by atoms with van der Waals surface area (Å²) in [5, 5.41) is 9.94. The molecule has 1 aromatic carbocycles. The van der Waals surface area contributed by atoms with Crippen LogP contribution < -0.4 is 5.56 Å². The molecule has 0 aliphatic rings. The molecular formula is C16H18N4O. The van der Waals surface area contributed by atoms with Crippen LogP contribution >= 0.6 is 0 Å². The van der Waals surface area contributed by atoms with Crippen LogP contribution in [-0.2, 0) is 6.54 Å². The molecule has 5 nitrogen and oxygen atoms in total. The van der Waals surface area contributed by atoms with Crippen LogP contribution in [-0.4, -0.2) is 40.3 Å². The topological polar surface area (TPSA) is 51.0 Å². The zero-order valence-corrected chi connectivity index (χ0v) is 12.5. The Hall–Kier alpha value is -2.27. The van der Waals surface area contributed by atoms with Crippen molar-refractivity contribution in [3.63, 3.8) is 0 Å². The van der Waals surface area contributed by atoms with Crippen molar-refractivity contribution in [2.75, 3.05) is 20.6 Å². The van der Waals surface area contributed by atoms with Crippen molar-refractivity contribution in [1.82, 2.24) is 19.7 Å². The zero-order chi connectivity index (χ0) is 15.0. The number of fused-ring (bicyclic) bond motifs is 3. The van der Waals surface area contributed by atoms with Crippen LogP contribution in [0.5, 0.6) is 0 Å². The van der Waals surface area contributed by atoms with Gasteiger partial charge < -0.3 is 9.47 Å². The van der Waals surface area contributed by atoms with Crippen LogP contribution in [0.15, 0.2) is 35.1 Å². The maximum absolute atomic E-state index is 12.8. The summed E-state index contributed by atoms with van der Waals surface area (Å²) < 4.78 is 1.83. The smallest absolute Gasteiger partial charge is 0.260 e. The normalized spacial score (nSPS) is 11.6. The number of likely N-dealkylation sites (N-methyl/N-ethyl adjacent to an activating group) is 1. The van der Waals surface area contributed by atoms with E-state index in [1.807, 2.05) is 55.9 Å². The monoisotopic (exact) mass is 282 g/mol. The Bertz CT molecular complexity index is 867. The molecule has 5 heteroatoms. The van der Waals surface area contributed by atoms with E-state index in [-0.39, 0.29) is 5.56 Å². The third-order valence-corrected chi connectivity index (χ3v) is 3.61. The molecule has 3 aromatic rings. The van der Waals surface area contributed by atoms with Crippen molar-refractivity contribution in [3.8, 4) is 0 Å². The van der Waals surface area contributed by atoms with E-state index in [0.29, 0.717) is 17.4 Å². The summed E-state index contributed by atoms with van der Waals surface area (Å²) in [6, 6.07) is 9.69. The standard InChI is InChI=1S/C16H18N4O/c1-11-10-13-15(18-17-11)12-6-4-5-7-14(12)20(16(13)21)9-8-19(2)3/h4-7,10H,8-9H2,1-3H3. The van der Waals surface area contributed by atoms with Crippen LogP contribution in [0.2, 0.25) is 0 Å². The van der Waals surface area contributed by atoms with Crippen molar-refractivity contribution in [3.05, 3.63) is 46.4 Å². The molecule has 0 bridgehead atoms. The van der Waals surface area contributed by atoms with E-state index in [1.54, 1.807) is 0 Å².